The lowest BCUT2D eigenvalue weighted by Crippen LogP contribution is -2.41. The molecule has 1 unspecified atom stereocenters. The summed E-state index contributed by atoms with van der Waals surface area (Å²) in [6, 6.07) is 6.49. The normalized spacial score (nSPS) is 21.8. The maximum atomic E-state index is 11.3. The van der Waals surface area contributed by atoms with Crippen molar-refractivity contribution in [3.8, 4) is 0 Å². The molecule has 1 fully saturated rings. The van der Waals surface area contributed by atoms with Crippen LogP contribution < -0.4 is 16.4 Å². The molecule has 5 heteroatoms. The minimum Gasteiger partial charge on any atom is -0.370 e. The lowest BCUT2D eigenvalue weighted by Gasteiger charge is -2.21. The predicted octanol–water partition coefficient (Wildman–Crippen LogP) is 1.57. The monoisotopic (exact) mass is 286 g/mol. The van der Waals surface area contributed by atoms with Gasteiger partial charge in [0.25, 0.3) is 0 Å². The molecule has 1 aliphatic heterocycles. The molecule has 1 saturated heterocycles. The van der Waals surface area contributed by atoms with Crippen molar-refractivity contribution in [2.45, 2.75) is 44.6 Å². The first-order chi connectivity index (χ1) is 10.2. The van der Waals surface area contributed by atoms with Gasteiger partial charge in [0.05, 0.1) is 6.54 Å². The number of anilines is 1. The molecule has 0 aromatic heterocycles. The van der Waals surface area contributed by atoms with E-state index in [-0.39, 0.29) is 11.9 Å². The molecule has 0 saturated carbocycles. The number of rotatable bonds is 3. The fraction of sp³-hybridized carbons (Fsp3) is 0.500. The summed E-state index contributed by atoms with van der Waals surface area (Å²) < 4.78 is 0. The first-order valence-electron chi connectivity index (χ1n) is 7.69. The minimum absolute atomic E-state index is 0.117. The number of aryl methyl sites for hydroxylation is 2. The first kappa shape index (κ1) is 13.9. The van der Waals surface area contributed by atoms with Gasteiger partial charge in [-0.2, -0.15) is 0 Å². The van der Waals surface area contributed by atoms with E-state index in [1.54, 1.807) is 0 Å². The van der Waals surface area contributed by atoms with E-state index >= 15 is 0 Å². The lowest BCUT2D eigenvalue weighted by atomic mass is 10.0. The molecule has 3 rings (SSSR count). The second kappa shape index (κ2) is 6.16. The van der Waals surface area contributed by atoms with Crippen molar-refractivity contribution in [1.29, 1.82) is 0 Å². The number of benzene rings is 1. The summed E-state index contributed by atoms with van der Waals surface area (Å²) >= 11 is 0. The summed E-state index contributed by atoms with van der Waals surface area (Å²) in [6.45, 7) is 0.537. The van der Waals surface area contributed by atoms with E-state index in [4.69, 9.17) is 5.73 Å². The van der Waals surface area contributed by atoms with Crippen LogP contribution in [0.3, 0.4) is 0 Å². The van der Waals surface area contributed by atoms with Gasteiger partial charge in [-0.25, -0.2) is 0 Å². The van der Waals surface area contributed by atoms with Crippen molar-refractivity contribution in [2.24, 2.45) is 10.7 Å². The number of piperidine rings is 1. The largest absolute Gasteiger partial charge is 0.370 e. The van der Waals surface area contributed by atoms with Crippen LogP contribution >= 0.6 is 0 Å². The number of guanidine groups is 1. The van der Waals surface area contributed by atoms with Gasteiger partial charge in [0.1, 0.15) is 0 Å². The fourth-order valence-corrected chi connectivity index (χ4v) is 3.06. The summed E-state index contributed by atoms with van der Waals surface area (Å²) in [7, 11) is 0. The van der Waals surface area contributed by atoms with E-state index in [1.807, 2.05) is 0 Å². The number of nitrogens with zero attached hydrogens (tertiary/aromatic N) is 1. The highest BCUT2D eigenvalue weighted by Crippen LogP contribution is 2.24. The van der Waals surface area contributed by atoms with Crippen molar-refractivity contribution >= 4 is 17.6 Å². The topological polar surface area (TPSA) is 79.5 Å². The van der Waals surface area contributed by atoms with Gasteiger partial charge in [-0.1, -0.05) is 6.07 Å². The summed E-state index contributed by atoms with van der Waals surface area (Å²) in [6.07, 6.45) is 6.11. The highest BCUT2D eigenvalue weighted by atomic mass is 16.1. The Morgan fingerprint density at radius 2 is 2.14 bits per heavy atom. The molecule has 1 heterocycles. The molecule has 1 atom stereocenters. The third kappa shape index (κ3) is 3.54. The molecule has 1 aliphatic carbocycles. The average Bonchev–Trinajstić information content (AvgIpc) is 2.93. The Kier molecular flexibility index (Phi) is 4.08. The van der Waals surface area contributed by atoms with Gasteiger partial charge < -0.3 is 16.4 Å². The molecule has 0 radical (unpaired) electrons. The minimum atomic E-state index is 0.117. The summed E-state index contributed by atoms with van der Waals surface area (Å²) in [5, 5.41) is 6.08. The van der Waals surface area contributed by atoms with Crippen LogP contribution in [-0.4, -0.2) is 24.5 Å². The van der Waals surface area contributed by atoms with Crippen LogP contribution in [0.4, 0.5) is 5.69 Å². The van der Waals surface area contributed by atoms with Gasteiger partial charge >= 0.3 is 0 Å². The third-order valence-electron chi connectivity index (χ3n) is 4.17. The Balaban J connectivity index is 1.56. The Hall–Kier alpha value is -2.04. The number of fused-ring (bicyclic) bond motifs is 1. The molecule has 0 spiro atoms. The molecule has 1 aromatic rings. The van der Waals surface area contributed by atoms with Crippen LogP contribution in [0.2, 0.25) is 0 Å². The Morgan fingerprint density at radius 3 is 3.00 bits per heavy atom. The highest BCUT2D eigenvalue weighted by Gasteiger charge is 2.17. The first-order valence-corrected chi connectivity index (χ1v) is 7.69. The van der Waals surface area contributed by atoms with E-state index in [0.29, 0.717) is 18.9 Å². The number of carbonyl (C=O) groups is 1. The zero-order valence-electron chi connectivity index (χ0n) is 12.2. The molecule has 1 aromatic carbocycles. The molecular weight excluding hydrogens is 264 g/mol. The summed E-state index contributed by atoms with van der Waals surface area (Å²) in [5.74, 6) is 0.527. The third-order valence-corrected chi connectivity index (χ3v) is 4.17. The standard InChI is InChI=1S/C16H22N4O/c17-16(18-10-14-5-2-6-15(21)19-14)20-13-8-7-11-3-1-4-12(11)9-13/h7-9,14H,1-6,10H2,(H,19,21)(H3,17,18,20). The Morgan fingerprint density at radius 1 is 1.29 bits per heavy atom. The van der Waals surface area contributed by atoms with Crippen LogP contribution in [0.25, 0.3) is 0 Å². The quantitative estimate of drug-likeness (QED) is 0.583. The van der Waals surface area contributed by atoms with E-state index in [1.165, 1.54) is 24.0 Å². The fourth-order valence-electron chi connectivity index (χ4n) is 3.06. The highest BCUT2D eigenvalue weighted by molar-refractivity contribution is 5.92. The second-order valence-electron chi connectivity index (χ2n) is 5.84. The Bertz CT molecular complexity index is 567. The van der Waals surface area contributed by atoms with Crippen molar-refractivity contribution < 1.29 is 4.79 Å². The number of hydrogen-bond donors (Lipinski definition) is 3. The van der Waals surface area contributed by atoms with Crippen LogP contribution in [0, 0.1) is 0 Å². The number of nitrogens with two attached hydrogens (primary N) is 1. The molecular formula is C16H22N4O. The van der Waals surface area contributed by atoms with Crippen molar-refractivity contribution in [3.63, 3.8) is 0 Å². The van der Waals surface area contributed by atoms with E-state index in [0.717, 1.165) is 24.9 Å². The zero-order valence-corrected chi connectivity index (χ0v) is 12.2. The van der Waals surface area contributed by atoms with Gasteiger partial charge in [0, 0.05) is 18.2 Å². The van der Waals surface area contributed by atoms with Gasteiger partial charge in [-0.3, -0.25) is 9.79 Å². The summed E-state index contributed by atoms with van der Waals surface area (Å²) in [5.41, 5.74) is 9.77. The van der Waals surface area contributed by atoms with Gasteiger partial charge in [-0.15, -0.1) is 0 Å². The number of carbonyl (C=O) groups excluding carboxylic acids is 1. The molecule has 1 amide bonds. The van der Waals surface area contributed by atoms with E-state index < -0.39 is 0 Å². The van der Waals surface area contributed by atoms with Crippen molar-refractivity contribution in [2.75, 3.05) is 11.9 Å². The lowest BCUT2D eigenvalue weighted by molar-refractivity contribution is -0.123. The van der Waals surface area contributed by atoms with Crippen LogP contribution in [0.5, 0.6) is 0 Å². The van der Waals surface area contributed by atoms with Crippen LogP contribution in [0.1, 0.15) is 36.8 Å². The SMILES string of the molecule is NC(=NCC1CCCC(=O)N1)Nc1ccc2c(c1)CCC2. The zero-order chi connectivity index (χ0) is 14.7. The number of nitrogens with one attached hydrogen (secondary N) is 2. The van der Waals surface area contributed by atoms with Crippen molar-refractivity contribution in [3.05, 3.63) is 29.3 Å². The molecule has 2 aliphatic rings. The van der Waals surface area contributed by atoms with Gasteiger partial charge in [0.15, 0.2) is 5.96 Å². The van der Waals surface area contributed by atoms with Crippen LogP contribution in [0.15, 0.2) is 23.2 Å². The maximum Gasteiger partial charge on any atom is 0.220 e. The molecule has 0 bridgehead atoms. The smallest absolute Gasteiger partial charge is 0.220 e. The molecule has 112 valence electrons. The number of aliphatic imine (C=N–C) groups is 1. The number of hydrogen-bond acceptors (Lipinski definition) is 2. The predicted molar refractivity (Wildman–Crippen MR) is 84.4 cm³/mol. The average molecular weight is 286 g/mol. The molecule has 5 nitrogen and oxygen atoms in total. The number of amides is 1. The van der Waals surface area contributed by atoms with Crippen LogP contribution in [-0.2, 0) is 17.6 Å². The molecule has 4 N–H and O–H groups in total. The second-order valence-corrected chi connectivity index (χ2v) is 5.84. The van der Waals surface area contributed by atoms with E-state index in [9.17, 15) is 4.79 Å². The van der Waals surface area contributed by atoms with Gasteiger partial charge in [-0.05, 0) is 55.4 Å². The van der Waals surface area contributed by atoms with Crippen molar-refractivity contribution in [1.82, 2.24) is 5.32 Å². The molecule has 21 heavy (non-hydrogen) atoms. The Labute approximate surface area is 125 Å². The van der Waals surface area contributed by atoms with E-state index in [2.05, 4.69) is 33.8 Å². The van der Waals surface area contributed by atoms with Gasteiger partial charge in [0.2, 0.25) is 5.91 Å². The summed E-state index contributed by atoms with van der Waals surface area (Å²) in [4.78, 5) is 15.7. The maximum absolute atomic E-state index is 11.3.